The molecule has 10 heteroatoms. The van der Waals surface area contributed by atoms with Crippen molar-refractivity contribution in [3.05, 3.63) is 0 Å². The average molecular weight is 375 g/mol. The van der Waals surface area contributed by atoms with E-state index in [0.717, 1.165) is 19.4 Å². The summed E-state index contributed by atoms with van der Waals surface area (Å²) in [6.45, 7) is 4.85. The van der Waals surface area contributed by atoms with Crippen LogP contribution in [0.2, 0.25) is 0 Å². The molecule has 0 radical (unpaired) electrons. The van der Waals surface area contributed by atoms with E-state index in [9.17, 15) is 24.3 Å². The first-order chi connectivity index (χ1) is 12.2. The first kappa shape index (κ1) is 23.6. The Morgan fingerprint density at radius 3 is 1.88 bits per heavy atom. The fourth-order valence-corrected chi connectivity index (χ4v) is 2.11. The summed E-state index contributed by atoms with van der Waals surface area (Å²) in [7, 11) is 0. The van der Waals surface area contributed by atoms with Crippen molar-refractivity contribution in [1.29, 1.82) is 0 Å². The fourth-order valence-electron chi connectivity index (χ4n) is 2.11. The van der Waals surface area contributed by atoms with Crippen molar-refractivity contribution in [3.63, 3.8) is 0 Å². The van der Waals surface area contributed by atoms with Crippen LogP contribution in [0.25, 0.3) is 0 Å². The molecule has 0 rings (SSSR count). The van der Waals surface area contributed by atoms with Crippen LogP contribution in [0.1, 0.15) is 52.4 Å². The lowest BCUT2D eigenvalue weighted by atomic mass is 10.1. The maximum atomic E-state index is 11.8. The van der Waals surface area contributed by atoms with E-state index in [2.05, 4.69) is 29.8 Å². The lowest BCUT2D eigenvalue weighted by molar-refractivity contribution is -0.140. The van der Waals surface area contributed by atoms with Crippen LogP contribution in [-0.4, -0.2) is 63.9 Å². The zero-order valence-corrected chi connectivity index (χ0v) is 15.2. The van der Waals surface area contributed by atoms with Crippen LogP contribution in [0.4, 0.5) is 4.79 Å². The summed E-state index contributed by atoms with van der Waals surface area (Å²) in [5.74, 6) is -3.79. The van der Waals surface area contributed by atoms with E-state index < -0.39 is 42.4 Å². The Kier molecular flexibility index (Phi) is 11.8. The van der Waals surface area contributed by atoms with Gasteiger partial charge in [-0.3, -0.25) is 4.79 Å². The van der Waals surface area contributed by atoms with Crippen molar-refractivity contribution in [2.45, 2.75) is 70.5 Å². The molecule has 6 N–H and O–H groups in total. The first-order valence-electron chi connectivity index (χ1n) is 8.65. The molecule has 3 unspecified atom stereocenters. The van der Waals surface area contributed by atoms with Crippen LogP contribution in [-0.2, 0) is 14.4 Å². The lowest BCUT2D eigenvalue weighted by Crippen LogP contribution is -2.51. The quantitative estimate of drug-likeness (QED) is 0.240. The highest BCUT2D eigenvalue weighted by Gasteiger charge is 2.24. The smallest absolute Gasteiger partial charge is 0.326 e. The van der Waals surface area contributed by atoms with E-state index in [1.807, 2.05) is 0 Å². The van der Waals surface area contributed by atoms with Crippen LogP contribution in [0.3, 0.4) is 0 Å². The topological polar surface area (TPSA) is 165 Å². The molecule has 0 saturated carbocycles. The summed E-state index contributed by atoms with van der Waals surface area (Å²) >= 11 is 0. The highest BCUT2D eigenvalue weighted by Crippen LogP contribution is 2.03. The third-order valence-electron chi connectivity index (χ3n) is 3.88. The molecular formula is C16H29N3O7. The van der Waals surface area contributed by atoms with Crippen molar-refractivity contribution >= 4 is 23.9 Å². The number of amides is 2. The van der Waals surface area contributed by atoms with Gasteiger partial charge in [-0.25, -0.2) is 14.4 Å². The highest BCUT2D eigenvalue weighted by atomic mass is 16.4. The third kappa shape index (κ3) is 11.2. The molecule has 26 heavy (non-hydrogen) atoms. The molecule has 0 heterocycles. The average Bonchev–Trinajstić information content (AvgIpc) is 2.56. The molecule has 0 fully saturated rings. The standard InChI is InChI=1S/C16H29N3O7/c1-3-10(2)17-9-5-4-6-11(14(22)23)18-16(26)19-12(15(24)25)7-8-13(20)21/h10-12,17H,3-9H2,1-2H3,(H,20,21)(H,22,23)(H,24,25)(H2,18,19,26). The fraction of sp³-hybridized carbons (Fsp3) is 0.750. The lowest BCUT2D eigenvalue weighted by Gasteiger charge is -2.18. The molecule has 10 nitrogen and oxygen atoms in total. The second kappa shape index (κ2) is 12.9. The summed E-state index contributed by atoms with van der Waals surface area (Å²) in [4.78, 5) is 44.6. The number of rotatable bonds is 14. The van der Waals surface area contributed by atoms with Gasteiger partial charge < -0.3 is 31.3 Å². The molecule has 0 aromatic carbocycles. The number of carbonyl (C=O) groups excluding carboxylic acids is 1. The molecule has 0 bridgehead atoms. The van der Waals surface area contributed by atoms with Gasteiger partial charge in [-0.15, -0.1) is 0 Å². The molecule has 2 amide bonds. The molecular weight excluding hydrogens is 346 g/mol. The second-order valence-corrected chi connectivity index (χ2v) is 6.09. The number of hydrogen-bond donors (Lipinski definition) is 6. The van der Waals surface area contributed by atoms with Crippen LogP contribution >= 0.6 is 0 Å². The largest absolute Gasteiger partial charge is 0.481 e. The highest BCUT2D eigenvalue weighted by molar-refractivity contribution is 5.86. The predicted molar refractivity (Wildman–Crippen MR) is 93.0 cm³/mol. The Labute approximate surface area is 152 Å². The summed E-state index contributed by atoms with van der Waals surface area (Å²) < 4.78 is 0. The van der Waals surface area contributed by atoms with Gasteiger partial charge in [-0.05, 0) is 45.6 Å². The Bertz CT molecular complexity index is 484. The minimum Gasteiger partial charge on any atom is -0.481 e. The number of carboxylic acids is 3. The Morgan fingerprint density at radius 2 is 1.42 bits per heavy atom. The monoisotopic (exact) mass is 375 g/mol. The van der Waals surface area contributed by atoms with Crippen LogP contribution in [0.15, 0.2) is 0 Å². The zero-order chi connectivity index (χ0) is 20.1. The van der Waals surface area contributed by atoms with Gasteiger partial charge in [0.25, 0.3) is 0 Å². The molecule has 0 aliphatic heterocycles. The van der Waals surface area contributed by atoms with Gasteiger partial charge in [-0.1, -0.05) is 6.92 Å². The van der Waals surface area contributed by atoms with Gasteiger partial charge in [0.2, 0.25) is 0 Å². The zero-order valence-electron chi connectivity index (χ0n) is 15.2. The van der Waals surface area contributed by atoms with Gasteiger partial charge >= 0.3 is 23.9 Å². The maximum absolute atomic E-state index is 11.8. The molecule has 0 aromatic heterocycles. The second-order valence-electron chi connectivity index (χ2n) is 6.09. The van der Waals surface area contributed by atoms with Gasteiger partial charge in [-0.2, -0.15) is 0 Å². The van der Waals surface area contributed by atoms with Crippen LogP contribution in [0.5, 0.6) is 0 Å². The molecule has 0 aliphatic rings. The van der Waals surface area contributed by atoms with Crippen molar-refractivity contribution in [2.24, 2.45) is 0 Å². The van der Waals surface area contributed by atoms with Crippen molar-refractivity contribution < 1.29 is 34.5 Å². The SMILES string of the molecule is CCC(C)NCCCCC(NC(=O)NC(CCC(=O)O)C(=O)O)C(=O)O. The van der Waals surface area contributed by atoms with Gasteiger partial charge in [0.05, 0.1) is 0 Å². The third-order valence-corrected chi connectivity index (χ3v) is 3.88. The number of hydrogen-bond acceptors (Lipinski definition) is 5. The van der Waals surface area contributed by atoms with E-state index in [1.165, 1.54) is 0 Å². The maximum Gasteiger partial charge on any atom is 0.326 e. The number of aliphatic carboxylic acids is 3. The molecule has 0 aromatic rings. The van der Waals surface area contributed by atoms with Crippen molar-refractivity contribution in [1.82, 2.24) is 16.0 Å². The van der Waals surface area contributed by atoms with E-state index >= 15 is 0 Å². The molecule has 0 spiro atoms. The van der Waals surface area contributed by atoms with Crippen LogP contribution in [0, 0.1) is 0 Å². The first-order valence-corrected chi connectivity index (χ1v) is 8.65. The van der Waals surface area contributed by atoms with E-state index in [-0.39, 0.29) is 12.8 Å². The summed E-state index contributed by atoms with van der Waals surface area (Å²) in [6.07, 6.45) is 1.79. The van der Waals surface area contributed by atoms with E-state index in [4.69, 9.17) is 10.2 Å². The Morgan fingerprint density at radius 1 is 0.885 bits per heavy atom. The molecule has 150 valence electrons. The predicted octanol–water partition coefficient (Wildman–Crippen LogP) is 0.615. The van der Waals surface area contributed by atoms with Crippen LogP contribution < -0.4 is 16.0 Å². The van der Waals surface area contributed by atoms with Crippen molar-refractivity contribution in [2.75, 3.05) is 6.54 Å². The summed E-state index contributed by atoms with van der Waals surface area (Å²) in [6, 6.07) is -3.12. The van der Waals surface area contributed by atoms with Crippen molar-refractivity contribution in [3.8, 4) is 0 Å². The Balaban J connectivity index is 4.37. The molecule has 0 saturated heterocycles. The number of nitrogens with one attached hydrogen (secondary N) is 3. The summed E-state index contributed by atoms with van der Waals surface area (Å²) in [5, 5.41) is 34.3. The number of urea groups is 1. The molecule has 3 atom stereocenters. The van der Waals surface area contributed by atoms with Gasteiger partial charge in [0.15, 0.2) is 0 Å². The summed E-state index contributed by atoms with van der Waals surface area (Å²) in [5.41, 5.74) is 0. The molecule has 0 aliphatic carbocycles. The van der Waals surface area contributed by atoms with E-state index in [0.29, 0.717) is 12.5 Å². The Hall–Kier alpha value is -2.36. The minimum absolute atomic E-state index is 0.206. The van der Waals surface area contributed by atoms with Gasteiger partial charge in [0.1, 0.15) is 12.1 Å². The number of carbonyl (C=O) groups is 4. The van der Waals surface area contributed by atoms with Gasteiger partial charge in [0, 0.05) is 12.5 Å². The normalized spacial score (nSPS) is 14.1. The minimum atomic E-state index is -1.40. The number of unbranched alkanes of at least 4 members (excludes halogenated alkanes) is 1. The van der Waals surface area contributed by atoms with E-state index in [1.54, 1.807) is 0 Å². The number of carboxylic acid groups (broad SMARTS) is 3.